The van der Waals surface area contributed by atoms with Crippen LogP contribution in [0.2, 0.25) is 0 Å². The number of amides is 1. The second-order valence-electron chi connectivity index (χ2n) is 4.14. The summed E-state index contributed by atoms with van der Waals surface area (Å²) in [4.78, 5) is 20.1. The first-order chi connectivity index (χ1) is 9.24. The summed E-state index contributed by atoms with van der Waals surface area (Å²) in [5.74, 6) is -0.213. The van der Waals surface area contributed by atoms with E-state index in [-0.39, 0.29) is 5.91 Å². The van der Waals surface area contributed by atoms with E-state index in [2.05, 4.69) is 25.5 Å². The number of carbonyl (C=O) groups excluding carboxylic acids is 1. The van der Waals surface area contributed by atoms with Crippen molar-refractivity contribution in [3.63, 3.8) is 0 Å². The Balaban J connectivity index is 1.89. The fourth-order valence-electron chi connectivity index (χ4n) is 1.79. The van der Waals surface area contributed by atoms with Crippen molar-refractivity contribution in [2.45, 2.75) is 6.92 Å². The summed E-state index contributed by atoms with van der Waals surface area (Å²) in [6.07, 6.45) is 4.72. The Morgan fingerprint density at radius 1 is 1.37 bits per heavy atom. The number of aromatic nitrogens is 4. The van der Waals surface area contributed by atoms with Crippen molar-refractivity contribution >= 4 is 22.6 Å². The van der Waals surface area contributed by atoms with Crippen LogP contribution >= 0.6 is 0 Å². The zero-order chi connectivity index (χ0) is 13.2. The Hall–Kier alpha value is -2.76. The van der Waals surface area contributed by atoms with E-state index in [1.54, 1.807) is 24.5 Å². The molecule has 0 aromatic carbocycles. The number of rotatable bonds is 2. The van der Waals surface area contributed by atoms with Crippen molar-refractivity contribution in [2.75, 3.05) is 5.32 Å². The Morgan fingerprint density at radius 2 is 2.26 bits per heavy atom. The zero-order valence-electron chi connectivity index (χ0n) is 10.2. The van der Waals surface area contributed by atoms with E-state index in [4.69, 9.17) is 0 Å². The molecule has 0 aliphatic rings. The number of anilines is 1. The molecule has 0 unspecified atom stereocenters. The predicted octanol–water partition coefficient (Wildman–Crippen LogP) is 1.91. The van der Waals surface area contributed by atoms with Gasteiger partial charge in [0.05, 0.1) is 17.4 Å². The van der Waals surface area contributed by atoms with Crippen LogP contribution < -0.4 is 5.32 Å². The topological polar surface area (TPSA) is 83.6 Å². The maximum absolute atomic E-state index is 12.0. The molecule has 6 heteroatoms. The van der Waals surface area contributed by atoms with Crippen molar-refractivity contribution in [3.8, 4) is 0 Å². The van der Waals surface area contributed by atoms with Gasteiger partial charge in [-0.3, -0.25) is 14.9 Å². The molecule has 3 rings (SSSR count). The van der Waals surface area contributed by atoms with Gasteiger partial charge in [-0.2, -0.15) is 5.10 Å². The molecule has 0 aliphatic heterocycles. The molecule has 0 radical (unpaired) electrons. The van der Waals surface area contributed by atoms with Gasteiger partial charge in [-0.1, -0.05) is 0 Å². The summed E-state index contributed by atoms with van der Waals surface area (Å²) in [6.45, 7) is 1.91. The first-order valence-electron chi connectivity index (χ1n) is 5.76. The van der Waals surface area contributed by atoms with Crippen molar-refractivity contribution in [1.82, 2.24) is 20.2 Å². The van der Waals surface area contributed by atoms with Gasteiger partial charge in [0.15, 0.2) is 5.65 Å². The number of carbonyl (C=O) groups is 1. The summed E-state index contributed by atoms with van der Waals surface area (Å²) >= 11 is 0. The second-order valence-corrected chi connectivity index (χ2v) is 4.14. The summed E-state index contributed by atoms with van der Waals surface area (Å²) in [5.41, 5.74) is 2.69. The summed E-state index contributed by atoms with van der Waals surface area (Å²) in [6, 6.07) is 5.27. The Bertz CT molecular complexity index is 735. The van der Waals surface area contributed by atoms with Crippen LogP contribution in [0.25, 0.3) is 11.0 Å². The van der Waals surface area contributed by atoms with Crippen molar-refractivity contribution in [3.05, 3.63) is 48.0 Å². The van der Waals surface area contributed by atoms with Crippen LogP contribution in [0.5, 0.6) is 0 Å². The molecule has 0 spiro atoms. The Kier molecular flexibility index (Phi) is 2.68. The summed E-state index contributed by atoms with van der Waals surface area (Å²) in [7, 11) is 0. The fourth-order valence-corrected chi connectivity index (χ4v) is 1.79. The van der Waals surface area contributed by atoms with E-state index in [0.29, 0.717) is 16.9 Å². The maximum Gasteiger partial charge on any atom is 0.257 e. The van der Waals surface area contributed by atoms with Gasteiger partial charge in [-0.25, -0.2) is 4.98 Å². The highest BCUT2D eigenvalue weighted by molar-refractivity contribution is 6.04. The smallest absolute Gasteiger partial charge is 0.257 e. The normalized spacial score (nSPS) is 10.6. The summed E-state index contributed by atoms with van der Waals surface area (Å²) < 4.78 is 0. The lowest BCUT2D eigenvalue weighted by molar-refractivity contribution is 0.102. The number of hydrogen-bond donors (Lipinski definition) is 2. The molecule has 0 atom stereocenters. The number of hydrogen-bond acceptors (Lipinski definition) is 4. The first-order valence-corrected chi connectivity index (χ1v) is 5.76. The van der Waals surface area contributed by atoms with Crippen LogP contribution in [-0.2, 0) is 0 Å². The third-order valence-corrected chi connectivity index (χ3v) is 2.78. The third-order valence-electron chi connectivity index (χ3n) is 2.78. The van der Waals surface area contributed by atoms with Crippen LogP contribution in [0.1, 0.15) is 16.1 Å². The second kappa shape index (κ2) is 4.49. The van der Waals surface area contributed by atoms with E-state index < -0.39 is 0 Å². The largest absolute Gasteiger partial charge is 0.321 e. The summed E-state index contributed by atoms with van der Waals surface area (Å²) in [5, 5.41) is 10.6. The van der Waals surface area contributed by atoms with Gasteiger partial charge in [0.25, 0.3) is 5.91 Å². The minimum absolute atomic E-state index is 0.213. The molecule has 0 saturated carbocycles. The monoisotopic (exact) mass is 253 g/mol. The standard InChI is InChI=1S/C13H11N5O/c1-8-11-5-10(7-15-12(11)18-17-8)16-13(19)9-3-2-4-14-6-9/h2-7H,1H3,(H,16,19)(H,15,17,18). The minimum Gasteiger partial charge on any atom is -0.321 e. The lowest BCUT2D eigenvalue weighted by atomic mass is 10.2. The van der Waals surface area contributed by atoms with Gasteiger partial charge in [0.1, 0.15) is 0 Å². The van der Waals surface area contributed by atoms with Crippen LogP contribution in [-0.4, -0.2) is 26.1 Å². The van der Waals surface area contributed by atoms with Gasteiger partial charge in [0, 0.05) is 23.5 Å². The van der Waals surface area contributed by atoms with Crippen LogP contribution in [0.4, 0.5) is 5.69 Å². The average molecular weight is 253 g/mol. The number of fused-ring (bicyclic) bond motifs is 1. The highest BCUT2D eigenvalue weighted by Crippen LogP contribution is 2.17. The molecule has 1 amide bonds. The zero-order valence-corrected chi connectivity index (χ0v) is 10.2. The number of aryl methyl sites for hydroxylation is 1. The van der Waals surface area contributed by atoms with Crippen molar-refractivity contribution in [1.29, 1.82) is 0 Å². The molecule has 0 saturated heterocycles. The van der Waals surface area contributed by atoms with Gasteiger partial charge in [0.2, 0.25) is 0 Å². The van der Waals surface area contributed by atoms with Crippen LogP contribution in [0, 0.1) is 6.92 Å². The molecule has 6 nitrogen and oxygen atoms in total. The maximum atomic E-state index is 12.0. The van der Waals surface area contributed by atoms with Crippen LogP contribution in [0.3, 0.4) is 0 Å². The van der Waals surface area contributed by atoms with Crippen molar-refractivity contribution < 1.29 is 4.79 Å². The molecule has 3 aromatic rings. The molecule has 3 aromatic heterocycles. The average Bonchev–Trinajstić information content (AvgIpc) is 2.81. The van der Waals surface area contributed by atoms with Gasteiger partial charge in [-0.15, -0.1) is 0 Å². The highest BCUT2D eigenvalue weighted by atomic mass is 16.1. The number of pyridine rings is 2. The quantitative estimate of drug-likeness (QED) is 0.730. The highest BCUT2D eigenvalue weighted by Gasteiger charge is 2.08. The minimum atomic E-state index is -0.213. The number of nitrogens with zero attached hydrogens (tertiary/aromatic N) is 3. The van der Waals surface area contributed by atoms with Gasteiger partial charge >= 0.3 is 0 Å². The predicted molar refractivity (Wildman–Crippen MR) is 70.8 cm³/mol. The Morgan fingerprint density at radius 3 is 3.05 bits per heavy atom. The van der Waals surface area contributed by atoms with E-state index in [9.17, 15) is 4.79 Å². The first kappa shape index (κ1) is 11.3. The van der Waals surface area contributed by atoms with E-state index in [1.165, 1.54) is 6.20 Å². The third kappa shape index (κ3) is 2.15. The van der Waals surface area contributed by atoms with E-state index in [0.717, 1.165) is 11.1 Å². The molecular formula is C13H11N5O. The molecule has 94 valence electrons. The lowest BCUT2D eigenvalue weighted by Crippen LogP contribution is -2.12. The number of H-pyrrole nitrogens is 1. The van der Waals surface area contributed by atoms with Crippen molar-refractivity contribution in [2.24, 2.45) is 0 Å². The molecule has 0 fully saturated rings. The van der Waals surface area contributed by atoms with Gasteiger partial charge in [-0.05, 0) is 25.1 Å². The lowest BCUT2D eigenvalue weighted by Gasteiger charge is -2.04. The molecule has 19 heavy (non-hydrogen) atoms. The molecule has 0 aliphatic carbocycles. The van der Waals surface area contributed by atoms with Crippen LogP contribution in [0.15, 0.2) is 36.8 Å². The molecular weight excluding hydrogens is 242 g/mol. The molecule has 2 N–H and O–H groups in total. The Labute approximate surface area is 108 Å². The van der Waals surface area contributed by atoms with E-state index >= 15 is 0 Å². The SMILES string of the molecule is Cc1[nH]nc2ncc(NC(=O)c3cccnc3)cc12. The van der Waals surface area contributed by atoms with E-state index in [1.807, 2.05) is 13.0 Å². The number of nitrogens with one attached hydrogen (secondary N) is 2. The molecule has 3 heterocycles. The van der Waals surface area contributed by atoms with Gasteiger partial charge < -0.3 is 5.32 Å². The number of aromatic amines is 1. The molecule has 0 bridgehead atoms. The fraction of sp³-hybridized carbons (Fsp3) is 0.0769.